The zero-order chi connectivity index (χ0) is 19.7. The number of carbonyl (C=O) groups excluding carboxylic acids is 1. The first-order valence-electron chi connectivity index (χ1n) is 8.36. The second kappa shape index (κ2) is 9.86. The van der Waals surface area contributed by atoms with E-state index in [-0.39, 0.29) is 11.5 Å². The molecule has 0 saturated carbocycles. The van der Waals surface area contributed by atoms with Crippen molar-refractivity contribution in [3.63, 3.8) is 0 Å². The quantitative estimate of drug-likeness (QED) is 0.371. The highest BCUT2D eigenvalue weighted by Crippen LogP contribution is 2.29. The third-order valence-electron chi connectivity index (χ3n) is 3.56. The summed E-state index contributed by atoms with van der Waals surface area (Å²) in [6, 6.07) is 4.72. The van der Waals surface area contributed by atoms with Crippen molar-refractivity contribution >= 4 is 12.0 Å². The van der Waals surface area contributed by atoms with Crippen molar-refractivity contribution in [1.29, 1.82) is 0 Å². The molecule has 2 unspecified atom stereocenters. The number of hydrogen-bond donors (Lipinski definition) is 0. The topological polar surface area (TPSA) is 26.3 Å². The summed E-state index contributed by atoms with van der Waals surface area (Å²) >= 11 is 0. The first-order chi connectivity index (χ1) is 12.1. The van der Waals surface area contributed by atoms with Crippen LogP contribution in [0.15, 0.2) is 42.5 Å². The summed E-state index contributed by atoms with van der Waals surface area (Å²) in [7, 11) is 0. The molecule has 0 aliphatic heterocycles. The van der Waals surface area contributed by atoms with Crippen molar-refractivity contribution in [3.05, 3.63) is 53.6 Å². The van der Waals surface area contributed by atoms with Gasteiger partial charge in [-0.05, 0) is 42.7 Å². The fourth-order valence-corrected chi connectivity index (χ4v) is 2.24. The van der Waals surface area contributed by atoms with Crippen LogP contribution in [0.2, 0.25) is 0 Å². The van der Waals surface area contributed by atoms with Crippen LogP contribution in [-0.2, 0) is 15.7 Å². The highest BCUT2D eigenvalue weighted by molar-refractivity contribution is 5.87. The summed E-state index contributed by atoms with van der Waals surface area (Å²) in [6.45, 7) is 9.41. The number of esters is 1. The SMILES string of the molecule is C=C(C)C#CC(OC(=O)/C=C/c1cccc(C(F)(F)F)c1)C(C)CCC. The normalized spacial score (nSPS) is 13.6. The second-order valence-electron chi connectivity index (χ2n) is 6.13. The number of rotatable bonds is 6. The van der Waals surface area contributed by atoms with Crippen molar-refractivity contribution in [1.82, 2.24) is 0 Å². The molecule has 0 fully saturated rings. The van der Waals surface area contributed by atoms with Crippen LogP contribution in [0.25, 0.3) is 6.08 Å². The molecule has 0 aliphatic carbocycles. The minimum atomic E-state index is -4.43. The largest absolute Gasteiger partial charge is 0.446 e. The molecular formula is C21H23F3O2. The monoisotopic (exact) mass is 364 g/mol. The predicted molar refractivity (Wildman–Crippen MR) is 97.0 cm³/mol. The summed E-state index contributed by atoms with van der Waals surface area (Å²) in [6.07, 6.45) is -0.854. The summed E-state index contributed by atoms with van der Waals surface area (Å²) < 4.78 is 43.5. The van der Waals surface area contributed by atoms with Crippen molar-refractivity contribution in [2.75, 3.05) is 0 Å². The summed E-state index contributed by atoms with van der Waals surface area (Å²) in [4.78, 5) is 12.0. The highest BCUT2D eigenvalue weighted by atomic mass is 19.4. The van der Waals surface area contributed by atoms with Crippen molar-refractivity contribution in [3.8, 4) is 11.8 Å². The molecule has 0 bridgehead atoms. The van der Waals surface area contributed by atoms with Gasteiger partial charge in [0.05, 0.1) is 5.56 Å². The Balaban J connectivity index is 2.86. The van der Waals surface area contributed by atoms with Gasteiger partial charge in [0.2, 0.25) is 0 Å². The van der Waals surface area contributed by atoms with Crippen LogP contribution in [0.1, 0.15) is 44.7 Å². The van der Waals surface area contributed by atoms with Crippen molar-refractivity contribution < 1.29 is 22.7 Å². The molecular weight excluding hydrogens is 341 g/mol. The molecule has 5 heteroatoms. The van der Waals surface area contributed by atoms with Gasteiger partial charge in [0.1, 0.15) is 0 Å². The minimum absolute atomic E-state index is 0.0396. The lowest BCUT2D eigenvalue weighted by Gasteiger charge is -2.18. The van der Waals surface area contributed by atoms with E-state index in [0.29, 0.717) is 5.57 Å². The molecule has 2 atom stereocenters. The number of allylic oxidation sites excluding steroid dienone is 1. The lowest BCUT2D eigenvalue weighted by atomic mass is 9.99. The molecule has 0 spiro atoms. The first kappa shape index (κ1) is 21.6. The number of alkyl halides is 3. The Morgan fingerprint density at radius 2 is 2.08 bits per heavy atom. The third kappa shape index (κ3) is 7.60. The van der Waals surface area contributed by atoms with Gasteiger partial charge in [0.15, 0.2) is 6.10 Å². The molecule has 1 aromatic rings. The average molecular weight is 364 g/mol. The fourth-order valence-electron chi connectivity index (χ4n) is 2.24. The van der Waals surface area contributed by atoms with Gasteiger partial charge in [0.25, 0.3) is 0 Å². The minimum Gasteiger partial charge on any atom is -0.446 e. The smallest absolute Gasteiger partial charge is 0.416 e. The van der Waals surface area contributed by atoms with Gasteiger partial charge in [-0.1, -0.05) is 50.8 Å². The Bertz CT molecular complexity index is 721. The van der Waals surface area contributed by atoms with Gasteiger partial charge < -0.3 is 4.74 Å². The Morgan fingerprint density at radius 1 is 1.38 bits per heavy atom. The fraction of sp³-hybridized carbons (Fsp3) is 0.381. The van der Waals surface area contributed by atoms with Crippen LogP contribution >= 0.6 is 0 Å². The van der Waals surface area contributed by atoms with E-state index in [2.05, 4.69) is 18.4 Å². The molecule has 0 saturated heterocycles. The third-order valence-corrected chi connectivity index (χ3v) is 3.56. The molecule has 26 heavy (non-hydrogen) atoms. The maximum absolute atomic E-state index is 12.7. The first-order valence-corrected chi connectivity index (χ1v) is 8.36. The van der Waals surface area contributed by atoms with E-state index in [0.717, 1.165) is 31.1 Å². The van der Waals surface area contributed by atoms with Gasteiger partial charge in [-0.15, -0.1) is 0 Å². The molecule has 1 aromatic carbocycles. The van der Waals surface area contributed by atoms with Crippen molar-refractivity contribution in [2.45, 2.75) is 45.9 Å². The predicted octanol–water partition coefficient (Wildman–Crippen LogP) is 5.65. The number of ether oxygens (including phenoxy) is 1. The van der Waals surface area contributed by atoms with Crippen LogP contribution in [0, 0.1) is 17.8 Å². The molecule has 0 radical (unpaired) electrons. The van der Waals surface area contributed by atoms with Crippen LogP contribution in [0.4, 0.5) is 13.2 Å². The Labute approximate surface area is 152 Å². The molecule has 0 N–H and O–H groups in total. The number of carbonyl (C=O) groups is 1. The van der Waals surface area contributed by atoms with Gasteiger partial charge >= 0.3 is 12.1 Å². The molecule has 2 nitrogen and oxygen atoms in total. The van der Waals surface area contributed by atoms with E-state index in [1.807, 2.05) is 13.8 Å². The van der Waals surface area contributed by atoms with Crippen LogP contribution in [-0.4, -0.2) is 12.1 Å². The van der Waals surface area contributed by atoms with E-state index < -0.39 is 23.8 Å². The van der Waals surface area contributed by atoms with Gasteiger partial charge in [-0.25, -0.2) is 4.79 Å². The van der Waals surface area contributed by atoms with Gasteiger partial charge in [-0.2, -0.15) is 13.2 Å². The van der Waals surface area contributed by atoms with Crippen LogP contribution in [0.5, 0.6) is 0 Å². The van der Waals surface area contributed by atoms with E-state index >= 15 is 0 Å². The lowest BCUT2D eigenvalue weighted by Crippen LogP contribution is -2.23. The zero-order valence-electron chi connectivity index (χ0n) is 15.2. The van der Waals surface area contributed by atoms with Gasteiger partial charge in [0, 0.05) is 12.0 Å². The Morgan fingerprint density at radius 3 is 2.65 bits per heavy atom. The second-order valence-corrected chi connectivity index (χ2v) is 6.13. The zero-order valence-corrected chi connectivity index (χ0v) is 15.2. The molecule has 0 aromatic heterocycles. The summed E-state index contributed by atoms with van der Waals surface area (Å²) in [5.74, 6) is 5.10. The van der Waals surface area contributed by atoms with E-state index in [1.54, 1.807) is 6.92 Å². The molecule has 0 amide bonds. The highest BCUT2D eigenvalue weighted by Gasteiger charge is 2.30. The van der Waals surface area contributed by atoms with Crippen molar-refractivity contribution in [2.24, 2.45) is 5.92 Å². The van der Waals surface area contributed by atoms with Crippen LogP contribution < -0.4 is 0 Å². The maximum Gasteiger partial charge on any atom is 0.416 e. The van der Waals surface area contributed by atoms with E-state index in [9.17, 15) is 18.0 Å². The van der Waals surface area contributed by atoms with Gasteiger partial charge in [-0.3, -0.25) is 0 Å². The molecule has 0 aliphatic rings. The number of hydrogen-bond acceptors (Lipinski definition) is 2. The van der Waals surface area contributed by atoms with E-state index in [1.165, 1.54) is 18.2 Å². The number of halogens is 3. The number of benzene rings is 1. The van der Waals surface area contributed by atoms with E-state index in [4.69, 9.17) is 4.74 Å². The molecule has 140 valence electrons. The molecule has 1 rings (SSSR count). The standard InChI is InChI=1S/C21H23F3O2/c1-5-7-16(4)19(12-10-15(2)3)26-20(25)13-11-17-8-6-9-18(14-17)21(22,23)24/h6,8-9,11,13-14,16,19H,2,5,7H2,1,3-4H3/b13-11+. The maximum atomic E-state index is 12.7. The Hall–Kier alpha value is -2.48. The Kier molecular flexibility index (Phi) is 8.18. The summed E-state index contributed by atoms with van der Waals surface area (Å²) in [5, 5.41) is 0. The summed E-state index contributed by atoms with van der Waals surface area (Å²) in [5.41, 5.74) is 0.159. The molecule has 0 heterocycles. The lowest BCUT2D eigenvalue weighted by molar-refractivity contribution is -0.142. The average Bonchev–Trinajstić information content (AvgIpc) is 2.56. The van der Waals surface area contributed by atoms with Crippen LogP contribution in [0.3, 0.4) is 0 Å².